The van der Waals surface area contributed by atoms with E-state index >= 15 is 0 Å². The molecule has 0 aliphatic rings. The van der Waals surface area contributed by atoms with Crippen LogP contribution in [0.3, 0.4) is 0 Å². The van der Waals surface area contributed by atoms with Crippen LogP contribution in [0.5, 0.6) is 11.5 Å². The zero-order valence-electron chi connectivity index (χ0n) is 18.4. The molecule has 0 spiro atoms. The van der Waals surface area contributed by atoms with E-state index in [1.807, 2.05) is 30.6 Å². The highest BCUT2D eigenvalue weighted by atomic mass is 16.6. The molecule has 172 valence electrons. The Kier molecular flexibility index (Phi) is 6.73. The molecule has 0 aliphatic carbocycles. The summed E-state index contributed by atoms with van der Waals surface area (Å²) in [6, 6.07) is 13.6. The number of amides is 1. The number of aromatic nitrogens is 1. The van der Waals surface area contributed by atoms with Crippen LogP contribution in [0.4, 0.5) is 11.4 Å². The van der Waals surface area contributed by atoms with Crippen molar-refractivity contribution in [3.8, 4) is 23.3 Å². The van der Waals surface area contributed by atoms with Crippen molar-refractivity contribution in [2.45, 2.75) is 13.8 Å². The Labute approximate surface area is 193 Å². The first-order valence-electron chi connectivity index (χ1n) is 9.90. The van der Waals surface area contributed by atoms with Crippen LogP contribution in [0.15, 0.2) is 54.1 Å². The average molecular weight is 461 g/mol. The van der Waals surface area contributed by atoms with Gasteiger partial charge in [0.15, 0.2) is 0 Å². The largest absolute Gasteiger partial charge is 0.450 e. The summed E-state index contributed by atoms with van der Waals surface area (Å²) in [5.41, 5.74) is 2.19. The summed E-state index contributed by atoms with van der Waals surface area (Å²) in [4.78, 5) is 32.6. The molecule has 2 aromatic carbocycles. The number of nitro benzene ring substituents is 2. The third kappa shape index (κ3) is 4.76. The Bertz CT molecular complexity index is 1370. The summed E-state index contributed by atoms with van der Waals surface area (Å²) < 4.78 is 7.52. The van der Waals surface area contributed by atoms with Crippen molar-refractivity contribution in [3.05, 3.63) is 91.3 Å². The molecule has 0 atom stereocenters. The number of likely N-dealkylation sites (N-methyl/N-ethyl adjacent to an activating group) is 1. The maximum absolute atomic E-state index is 11.8. The number of nitrogens with zero attached hydrogens (tertiary/aromatic N) is 4. The van der Waals surface area contributed by atoms with Gasteiger partial charge in [0, 0.05) is 30.2 Å². The van der Waals surface area contributed by atoms with Gasteiger partial charge in [-0.05, 0) is 61.9 Å². The second kappa shape index (κ2) is 9.66. The molecule has 11 nitrogen and oxygen atoms in total. The first kappa shape index (κ1) is 23.7. The summed E-state index contributed by atoms with van der Waals surface area (Å²) in [6.45, 7) is 3.73. The van der Waals surface area contributed by atoms with Crippen LogP contribution in [0.1, 0.15) is 17.0 Å². The zero-order valence-corrected chi connectivity index (χ0v) is 18.4. The van der Waals surface area contributed by atoms with Gasteiger partial charge in [-0.3, -0.25) is 25.0 Å². The normalized spacial score (nSPS) is 10.9. The lowest BCUT2D eigenvalue weighted by atomic mass is 10.1. The molecule has 3 rings (SSSR count). The molecule has 0 saturated heterocycles. The van der Waals surface area contributed by atoms with Crippen LogP contribution in [-0.4, -0.2) is 27.4 Å². The number of carbonyl (C=O) groups is 1. The molecular formula is C23H19N5O6. The predicted octanol–water partition coefficient (Wildman–Crippen LogP) is 4.36. The van der Waals surface area contributed by atoms with Crippen molar-refractivity contribution in [3.63, 3.8) is 0 Å². The molecule has 1 aromatic heterocycles. The van der Waals surface area contributed by atoms with Gasteiger partial charge < -0.3 is 14.6 Å². The van der Waals surface area contributed by atoms with Crippen molar-refractivity contribution >= 4 is 23.4 Å². The van der Waals surface area contributed by atoms with E-state index in [2.05, 4.69) is 5.32 Å². The molecular weight excluding hydrogens is 442 g/mol. The number of carbonyl (C=O) groups excluding carboxylic acids is 1. The van der Waals surface area contributed by atoms with E-state index in [1.54, 1.807) is 24.3 Å². The number of benzene rings is 2. The molecule has 0 aliphatic heterocycles. The molecule has 1 N–H and O–H groups in total. The smallest absolute Gasteiger partial charge is 0.318 e. The van der Waals surface area contributed by atoms with Gasteiger partial charge in [0.25, 0.3) is 11.6 Å². The van der Waals surface area contributed by atoms with Crippen LogP contribution in [0, 0.1) is 45.4 Å². The van der Waals surface area contributed by atoms with Crippen LogP contribution in [-0.2, 0) is 4.79 Å². The lowest BCUT2D eigenvalue weighted by molar-refractivity contribution is -0.394. The van der Waals surface area contributed by atoms with E-state index in [0.29, 0.717) is 11.3 Å². The predicted molar refractivity (Wildman–Crippen MR) is 123 cm³/mol. The van der Waals surface area contributed by atoms with E-state index in [9.17, 15) is 30.3 Å². The standard InChI is InChI=1S/C23H19N5O6/c1-14-10-16(11-17(13-24)23(29)25-3)15(2)26(14)18-4-7-20(8-5-18)34-22-9-6-19(27(30)31)12-21(22)28(32)33/h4-12H,1-3H3,(H,25,29)/b17-11-. The highest BCUT2D eigenvalue weighted by molar-refractivity contribution is 6.01. The van der Waals surface area contributed by atoms with Crippen molar-refractivity contribution in [1.82, 2.24) is 9.88 Å². The average Bonchev–Trinajstić information content (AvgIpc) is 3.10. The van der Waals surface area contributed by atoms with Gasteiger partial charge in [-0.15, -0.1) is 0 Å². The van der Waals surface area contributed by atoms with Crippen molar-refractivity contribution in [1.29, 1.82) is 5.26 Å². The number of aryl methyl sites for hydroxylation is 1. The lowest BCUT2D eigenvalue weighted by Gasteiger charge is -2.11. The van der Waals surface area contributed by atoms with Crippen LogP contribution in [0.2, 0.25) is 0 Å². The van der Waals surface area contributed by atoms with Crippen LogP contribution in [0.25, 0.3) is 11.8 Å². The fourth-order valence-corrected chi connectivity index (χ4v) is 3.41. The van der Waals surface area contributed by atoms with E-state index in [1.165, 1.54) is 19.2 Å². The monoisotopic (exact) mass is 461 g/mol. The molecule has 0 radical (unpaired) electrons. The fraction of sp³-hybridized carbons (Fsp3) is 0.130. The molecule has 0 bridgehead atoms. The van der Waals surface area contributed by atoms with Gasteiger partial charge in [-0.1, -0.05) is 0 Å². The molecule has 11 heteroatoms. The number of hydrogen-bond acceptors (Lipinski definition) is 7. The first-order valence-corrected chi connectivity index (χ1v) is 9.90. The Morgan fingerprint density at radius 2 is 1.76 bits per heavy atom. The molecule has 1 heterocycles. The summed E-state index contributed by atoms with van der Waals surface area (Å²) in [5.74, 6) is -0.300. The number of hydrogen-bond donors (Lipinski definition) is 1. The maximum atomic E-state index is 11.8. The Hall–Kier alpha value is -4.98. The minimum atomic E-state index is -0.743. The van der Waals surface area contributed by atoms with Gasteiger partial charge in [-0.25, -0.2) is 0 Å². The molecule has 1 amide bonds. The molecule has 0 unspecified atom stereocenters. The number of non-ortho nitro benzene ring substituents is 1. The molecule has 0 saturated carbocycles. The third-order valence-corrected chi connectivity index (χ3v) is 5.04. The molecule has 3 aromatic rings. The quantitative estimate of drug-likeness (QED) is 0.237. The van der Waals surface area contributed by atoms with E-state index in [0.717, 1.165) is 29.2 Å². The summed E-state index contributed by atoms with van der Waals surface area (Å²) in [6.07, 6.45) is 1.52. The molecule has 0 fully saturated rings. The number of nitrogens with one attached hydrogen (secondary N) is 1. The van der Waals surface area contributed by atoms with E-state index < -0.39 is 27.1 Å². The van der Waals surface area contributed by atoms with Gasteiger partial charge in [0.2, 0.25) is 5.75 Å². The first-order chi connectivity index (χ1) is 16.2. The number of nitro groups is 2. The second-order valence-electron chi connectivity index (χ2n) is 7.17. The minimum absolute atomic E-state index is 0.0174. The third-order valence-electron chi connectivity index (χ3n) is 5.04. The fourth-order valence-electron chi connectivity index (χ4n) is 3.41. The topological polar surface area (TPSA) is 153 Å². The van der Waals surface area contributed by atoms with Gasteiger partial charge >= 0.3 is 5.69 Å². The molecule has 34 heavy (non-hydrogen) atoms. The summed E-state index contributed by atoms with van der Waals surface area (Å²) >= 11 is 0. The van der Waals surface area contributed by atoms with Gasteiger partial charge in [0.1, 0.15) is 17.4 Å². The minimum Gasteiger partial charge on any atom is -0.450 e. The highest BCUT2D eigenvalue weighted by Crippen LogP contribution is 2.35. The van der Waals surface area contributed by atoms with E-state index in [4.69, 9.17) is 4.74 Å². The SMILES string of the molecule is CNC(=O)/C(C#N)=C\c1cc(C)n(-c2ccc(Oc3ccc([N+](=O)[O-])cc3[N+](=O)[O-])cc2)c1C. The van der Waals surface area contributed by atoms with Crippen molar-refractivity contribution in [2.24, 2.45) is 0 Å². The Morgan fingerprint density at radius 1 is 1.09 bits per heavy atom. The van der Waals surface area contributed by atoms with Crippen molar-refractivity contribution < 1.29 is 19.4 Å². The Balaban J connectivity index is 1.92. The zero-order chi connectivity index (χ0) is 25.0. The number of ether oxygens (including phenoxy) is 1. The van der Waals surface area contributed by atoms with Crippen LogP contribution >= 0.6 is 0 Å². The lowest BCUT2D eigenvalue weighted by Crippen LogP contribution is -2.19. The number of rotatable bonds is 7. The summed E-state index contributed by atoms with van der Waals surface area (Å²) in [5, 5.41) is 33.9. The van der Waals surface area contributed by atoms with Gasteiger partial charge in [0.05, 0.1) is 15.9 Å². The summed E-state index contributed by atoms with van der Waals surface area (Å²) in [7, 11) is 1.45. The van der Waals surface area contributed by atoms with Gasteiger partial charge in [-0.2, -0.15) is 5.26 Å². The maximum Gasteiger partial charge on any atom is 0.318 e. The second-order valence-corrected chi connectivity index (χ2v) is 7.17. The van der Waals surface area contributed by atoms with E-state index in [-0.39, 0.29) is 11.3 Å². The van der Waals surface area contributed by atoms with Crippen molar-refractivity contribution in [2.75, 3.05) is 7.05 Å². The number of nitriles is 1. The highest BCUT2D eigenvalue weighted by Gasteiger charge is 2.21. The Morgan fingerprint density at radius 3 is 2.32 bits per heavy atom. The van der Waals surface area contributed by atoms with Crippen LogP contribution < -0.4 is 10.1 Å².